The number of para-hydroxylation sites is 1. The number of ketones is 2. The van der Waals surface area contributed by atoms with Crippen LogP contribution in [-0.2, 0) is 23.9 Å². The zero-order chi connectivity index (χ0) is 25.9. The van der Waals surface area contributed by atoms with E-state index in [0.29, 0.717) is 28.2 Å². The predicted molar refractivity (Wildman–Crippen MR) is 125 cm³/mol. The van der Waals surface area contributed by atoms with E-state index in [1.54, 1.807) is 32.0 Å². The summed E-state index contributed by atoms with van der Waals surface area (Å²) >= 11 is 0. The first-order valence-electron chi connectivity index (χ1n) is 11.8. The van der Waals surface area contributed by atoms with Crippen molar-refractivity contribution in [1.29, 1.82) is 0 Å². The lowest BCUT2D eigenvalue weighted by molar-refractivity contribution is -0.137. The molecule has 5 rings (SSSR count). The fourth-order valence-electron chi connectivity index (χ4n) is 6.03. The summed E-state index contributed by atoms with van der Waals surface area (Å²) in [6.07, 6.45) is 2.30. The Labute approximate surface area is 207 Å². The molecule has 9 nitrogen and oxygen atoms in total. The van der Waals surface area contributed by atoms with Crippen LogP contribution in [0.1, 0.15) is 38.2 Å². The minimum absolute atomic E-state index is 0.0765. The molecule has 0 spiro atoms. The average molecular weight is 491 g/mol. The van der Waals surface area contributed by atoms with Crippen molar-refractivity contribution >= 4 is 29.5 Å². The van der Waals surface area contributed by atoms with Crippen LogP contribution in [-0.4, -0.2) is 53.2 Å². The van der Waals surface area contributed by atoms with Crippen LogP contribution in [0.25, 0.3) is 0 Å². The maximum absolute atomic E-state index is 13.4. The Morgan fingerprint density at radius 2 is 1.89 bits per heavy atom. The molecule has 1 saturated heterocycles. The Bertz CT molecular complexity index is 1330. The highest BCUT2D eigenvalue weighted by Crippen LogP contribution is 2.56. The number of Topliss-reactive ketones (excluding diaryl/α,β-unsaturated/α-hetero) is 1. The maximum Gasteiger partial charge on any atom is 0.423 e. The number of nitrogens with zero attached hydrogens (tertiary/aromatic N) is 1. The first-order valence-corrected chi connectivity index (χ1v) is 11.8. The molecule has 1 aliphatic heterocycles. The predicted octanol–water partition coefficient (Wildman–Crippen LogP) is 2.99. The van der Waals surface area contributed by atoms with Crippen molar-refractivity contribution < 1.29 is 38.6 Å². The van der Waals surface area contributed by atoms with Gasteiger partial charge in [-0.2, -0.15) is 4.90 Å². The van der Waals surface area contributed by atoms with Crippen molar-refractivity contribution in [2.24, 2.45) is 17.8 Å². The van der Waals surface area contributed by atoms with Crippen molar-refractivity contribution in [3.8, 4) is 11.5 Å². The van der Waals surface area contributed by atoms with Gasteiger partial charge in [0.05, 0.1) is 25.6 Å². The van der Waals surface area contributed by atoms with E-state index < -0.39 is 41.6 Å². The summed E-state index contributed by atoms with van der Waals surface area (Å²) in [7, 11) is 1.09. The van der Waals surface area contributed by atoms with Gasteiger partial charge < -0.3 is 14.6 Å². The van der Waals surface area contributed by atoms with Crippen molar-refractivity contribution in [2.45, 2.75) is 32.6 Å². The molecule has 1 fully saturated rings. The monoisotopic (exact) mass is 491 g/mol. The molecule has 0 aromatic heterocycles. The first kappa shape index (κ1) is 23.7. The molecular formula is C27H25NO8. The van der Waals surface area contributed by atoms with Crippen LogP contribution in [0.3, 0.4) is 0 Å². The summed E-state index contributed by atoms with van der Waals surface area (Å²) in [5, 5.41) is 11.1. The van der Waals surface area contributed by atoms with Gasteiger partial charge in [-0.05, 0) is 44.7 Å². The molecule has 36 heavy (non-hydrogen) atoms. The minimum atomic E-state index is -1.04. The van der Waals surface area contributed by atoms with Gasteiger partial charge >= 0.3 is 6.09 Å². The number of hydrogen-bond donors (Lipinski definition) is 1. The quantitative estimate of drug-likeness (QED) is 0.388. The molecule has 9 heteroatoms. The number of fused-ring (bicyclic) bond motifs is 3. The molecule has 1 heterocycles. The SMILES string of the molecule is CCOc1cccc([C@H]2C3=CC[C@@H]4C(=O)N(C(=O)OC)C(=O)[C@@H]4[C@@H]3CC3=C2C(=O)C(C)=CC3=O)c1O. The molecule has 0 unspecified atom stereocenters. The Morgan fingerprint density at radius 3 is 2.58 bits per heavy atom. The van der Waals surface area contributed by atoms with Crippen LogP contribution in [0.15, 0.2) is 52.6 Å². The molecular weight excluding hydrogens is 466 g/mol. The van der Waals surface area contributed by atoms with E-state index in [0.717, 1.165) is 7.11 Å². The van der Waals surface area contributed by atoms with Crippen molar-refractivity contribution in [3.63, 3.8) is 0 Å². The number of imide groups is 3. The van der Waals surface area contributed by atoms with E-state index >= 15 is 0 Å². The molecule has 4 aliphatic rings. The molecule has 3 aliphatic carbocycles. The Hall–Kier alpha value is -4.01. The van der Waals surface area contributed by atoms with Gasteiger partial charge in [-0.25, -0.2) is 4.79 Å². The molecule has 3 amide bonds. The fourth-order valence-corrected chi connectivity index (χ4v) is 6.03. The number of benzene rings is 1. The van der Waals surface area contributed by atoms with E-state index in [2.05, 4.69) is 4.74 Å². The summed E-state index contributed by atoms with van der Waals surface area (Å²) in [6.45, 7) is 3.66. The normalized spacial score (nSPS) is 27.2. The smallest absolute Gasteiger partial charge is 0.423 e. The van der Waals surface area contributed by atoms with Crippen LogP contribution >= 0.6 is 0 Å². The van der Waals surface area contributed by atoms with E-state index in [1.807, 2.05) is 6.08 Å². The van der Waals surface area contributed by atoms with Gasteiger partial charge in [0.15, 0.2) is 23.1 Å². The standard InChI is InChI=1S/C27H25NO8/c1-4-36-19-7-5-6-14(24(19)31)20-13-8-9-15-21(26(33)28(25(15)32)27(34)35-3)16(13)11-17-18(29)10-12(2)23(30)22(17)20/h5-8,10,15-16,20-21,31H,4,9,11H2,1-3H3/t15-,16+,20+,21-/m0/s1. The molecule has 0 bridgehead atoms. The summed E-state index contributed by atoms with van der Waals surface area (Å²) in [4.78, 5) is 65.6. The molecule has 1 N–H and O–H groups in total. The number of rotatable bonds is 3. The zero-order valence-corrected chi connectivity index (χ0v) is 20.1. The number of amides is 3. The third-order valence-corrected chi connectivity index (χ3v) is 7.56. The van der Waals surface area contributed by atoms with E-state index in [-0.39, 0.29) is 47.1 Å². The van der Waals surface area contributed by atoms with E-state index in [1.165, 1.54) is 6.08 Å². The Balaban J connectivity index is 1.70. The topological polar surface area (TPSA) is 127 Å². The zero-order valence-electron chi connectivity index (χ0n) is 20.1. The fraction of sp³-hybridized carbons (Fsp3) is 0.370. The minimum Gasteiger partial charge on any atom is -0.504 e. The molecule has 1 aromatic rings. The number of ether oxygens (including phenoxy) is 2. The summed E-state index contributed by atoms with van der Waals surface area (Å²) < 4.78 is 10.2. The largest absolute Gasteiger partial charge is 0.504 e. The molecule has 4 atom stereocenters. The van der Waals surface area contributed by atoms with E-state index in [9.17, 15) is 29.1 Å². The van der Waals surface area contributed by atoms with Gasteiger partial charge in [0.1, 0.15) is 0 Å². The summed E-state index contributed by atoms with van der Waals surface area (Å²) in [5.41, 5.74) is 1.87. The molecule has 0 radical (unpaired) electrons. The third-order valence-electron chi connectivity index (χ3n) is 7.56. The number of aromatic hydroxyl groups is 1. The highest BCUT2D eigenvalue weighted by atomic mass is 16.5. The number of methoxy groups -OCH3 is 1. The van der Waals surface area contributed by atoms with Gasteiger partial charge in [0, 0.05) is 28.2 Å². The molecule has 0 saturated carbocycles. The van der Waals surface area contributed by atoms with Crippen LogP contribution in [0.4, 0.5) is 4.79 Å². The van der Waals surface area contributed by atoms with Crippen LogP contribution in [0.5, 0.6) is 11.5 Å². The number of carbonyl (C=O) groups excluding carboxylic acids is 5. The number of phenols is 1. The number of allylic oxidation sites excluding steroid dienone is 6. The number of hydrogen-bond acceptors (Lipinski definition) is 8. The van der Waals surface area contributed by atoms with Gasteiger partial charge in [-0.1, -0.05) is 23.8 Å². The Morgan fingerprint density at radius 1 is 1.14 bits per heavy atom. The van der Waals surface area contributed by atoms with Crippen LogP contribution < -0.4 is 4.74 Å². The number of carbonyl (C=O) groups is 5. The van der Waals surface area contributed by atoms with Gasteiger partial charge in [0.2, 0.25) is 11.8 Å². The van der Waals surface area contributed by atoms with Gasteiger partial charge in [0.25, 0.3) is 0 Å². The van der Waals surface area contributed by atoms with Gasteiger partial charge in [-0.15, -0.1) is 0 Å². The van der Waals surface area contributed by atoms with Crippen molar-refractivity contribution in [3.05, 3.63) is 58.2 Å². The lowest BCUT2D eigenvalue weighted by Crippen LogP contribution is -2.40. The maximum atomic E-state index is 13.4. The van der Waals surface area contributed by atoms with E-state index in [4.69, 9.17) is 4.74 Å². The third kappa shape index (κ3) is 3.26. The van der Waals surface area contributed by atoms with Crippen LogP contribution in [0.2, 0.25) is 0 Å². The summed E-state index contributed by atoms with van der Waals surface area (Å²) in [5.74, 6) is -4.96. The molecule has 1 aromatic carbocycles. The Kier molecular flexibility index (Phi) is 5.65. The highest BCUT2D eigenvalue weighted by Gasteiger charge is 2.58. The highest BCUT2D eigenvalue weighted by molar-refractivity contribution is 6.24. The average Bonchev–Trinajstić information content (AvgIpc) is 3.12. The lowest BCUT2D eigenvalue weighted by Gasteiger charge is -2.42. The second kappa shape index (κ2) is 8.58. The second-order valence-electron chi connectivity index (χ2n) is 9.34. The summed E-state index contributed by atoms with van der Waals surface area (Å²) in [6, 6.07) is 4.96. The molecule has 186 valence electrons. The second-order valence-corrected chi connectivity index (χ2v) is 9.34. The van der Waals surface area contributed by atoms with Crippen LogP contribution in [0, 0.1) is 17.8 Å². The van der Waals surface area contributed by atoms with Gasteiger partial charge in [-0.3, -0.25) is 19.2 Å². The lowest BCUT2D eigenvalue weighted by atomic mass is 9.59. The number of phenolic OH excluding ortho intramolecular Hbond substituents is 1. The van der Waals surface area contributed by atoms with Crippen molar-refractivity contribution in [1.82, 2.24) is 4.90 Å². The van der Waals surface area contributed by atoms with Crippen molar-refractivity contribution in [2.75, 3.05) is 13.7 Å². The first-order chi connectivity index (χ1) is 17.2. The number of likely N-dealkylation sites (tertiary alicyclic amines) is 1.